The quantitative estimate of drug-likeness (QED) is 0.755. The van der Waals surface area contributed by atoms with Crippen molar-refractivity contribution in [1.29, 1.82) is 0 Å². The first-order valence-electron chi connectivity index (χ1n) is 6.65. The van der Waals surface area contributed by atoms with Gasteiger partial charge in [-0.3, -0.25) is 4.98 Å². The highest BCUT2D eigenvalue weighted by Gasteiger charge is 2.29. The van der Waals surface area contributed by atoms with Gasteiger partial charge in [-0.25, -0.2) is 0 Å². The Morgan fingerprint density at radius 3 is 1.21 bits per heavy atom. The van der Waals surface area contributed by atoms with E-state index >= 15 is 0 Å². The highest BCUT2D eigenvalue weighted by molar-refractivity contribution is 6.71. The van der Waals surface area contributed by atoms with E-state index in [9.17, 15) is 0 Å². The molecule has 0 rings (SSSR count). The van der Waals surface area contributed by atoms with E-state index in [2.05, 4.69) is 69.2 Å². The first-order chi connectivity index (χ1) is 8.42. The standard InChI is InChI=1S/C6H18N2Si.C6H17NO2Si/c1-7(2)9(5,6)8(3)4;1-6(2)7-10(5,8-3)9-4/h1-6H3;6-7H,1-5H3. The van der Waals surface area contributed by atoms with Gasteiger partial charge in [-0.15, -0.1) is 0 Å². The van der Waals surface area contributed by atoms with Gasteiger partial charge >= 0.3 is 8.72 Å². The summed E-state index contributed by atoms with van der Waals surface area (Å²) in [6.07, 6.45) is 0. The van der Waals surface area contributed by atoms with E-state index in [1.165, 1.54) is 0 Å². The van der Waals surface area contributed by atoms with Crippen molar-refractivity contribution >= 4 is 17.1 Å². The second-order valence-corrected chi connectivity index (χ2v) is 13.7. The SMILES string of the molecule is CN(C)[Si](C)(C)N(C)C.CO[Si](C)(NC(C)C)OC. The zero-order valence-electron chi connectivity index (χ0n) is 14.8. The van der Waals surface area contributed by atoms with E-state index in [0.29, 0.717) is 6.04 Å². The van der Waals surface area contributed by atoms with Crippen LogP contribution in [0.2, 0.25) is 19.6 Å². The molecule has 0 aliphatic carbocycles. The fourth-order valence-electron chi connectivity index (χ4n) is 1.13. The Morgan fingerprint density at radius 2 is 1.16 bits per heavy atom. The van der Waals surface area contributed by atoms with Crippen LogP contribution in [-0.2, 0) is 8.85 Å². The first kappa shape index (κ1) is 21.5. The molecule has 0 spiro atoms. The van der Waals surface area contributed by atoms with Crippen LogP contribution >= 0.6 is 0 Å². The van der Waals surface area contributed by atoms with Gasteiger partial charge in [0.1, 0.15) is 0 Å². The molecule has 0 amide bonds. The van der Waals surface area contributed by atoms with Crippen LogP contribution < -0.4 is 4.98 Å². The molecule has 0 aliphatic heterocycles. The number of hydrogen-bond acceptors (Lipinski definition) is 5. The second kappa shape index (κ2) is 9.22. The van der Waals surface area contributed by atoms with E-state index in [1.54, 1.807) is 14.2 Å². The molecule has 5 nitrogen and oxygen atoms in total. The Hall–Kier alpha value is 0.234. The zero-order valence-corrected chi connectivity index (χ0v) is 16.8. The summed E-state index contributed by atoms with van der Waals surface area (Å²) in [6.45, 7) is 10.8. The van der Waals surface area contributed by atoms with E-state index < -0.39 is 17.1 Å². The highest BCUT2D eigenvalue weighted by atomic mass is 28.4. The molecule has 1 N–H and O–H groups in total. The summed E-state index contributed by atoms with van der Waals surface area (Å²) in [7, 11) is 8.72. The third-order valence-corrected chi connectivity index (χ3v) is 10.6. The van der Waals surface area contributed by atoms with Gasteiger partial charge < -0.3 is 18.0 Å². The van der Waals surface area contributed by atoms with Gasteiger partial charge in [-0.1, -0.05) is 13.8 Å². The average molecular weight is 310 g/mol. The molecule has 7 heteroatoms. The minimum atomic E-state index is -2.01. The lowest BCUT2D eigenvalue weighted by molar-refractivity contribution is 0.231. The maximum absolute atomic E-state index is 5.20. The first-order valence-corrected chi connectivity index (χ1v) is 11.9. The van der Waals surface area contributed by atoms with Crippen molar-refractivity contribution in [2.45, 2.75) is 39.5 Å². The van der Waals surface area contributed by atoms with Crippen molar-refractivity contribution in [1.82, 2.24) is 14.1 Å². The minimum Gasteiger partial charge on any atom is -0.386 e. The zero-order chi connectivity index (χ0) is 15.9. The van der Waals surface area contributed by atoms with Crippen molar-refractivity contribution in [3.63, 3.8) is 0 Å². The van der Waals surface area contributed by atoms with Gasteiger partial charge in [0, 0.05) is 14.2 Å². The Kier molecular flexibility index (Phi) is 10.4. The maximum Gasteiger partial charge on any atom is 0.421 e. The van der Waals surface area contributed by atoms with Gasteiger partial charge in [0.15, 0.2) is 8.40 Å². The Bertz CT molecular complexity index is 223. The summed E-state index contributed by atoms with van der Waals surface area (Å²) in [5, 5.41) is 0. The monoisotopic (exact) mass is 309 g/mol. The molecule has 0 aromatic rings. The van der Waals surface area contributed by atoms with Crippen LogP contribution in [0.4, 0.5) is 0 Å². The van der Waals surface area contributed by atoms with Crippen molar-refractivity contribution in [3.05, 3.63) is 0 Å². The molecule has 0 fully saturated rings. The van der Waals surface area contributed by atoms with E-state index in [1.807, 2.05) is 6.55 Å². The normalized spacial score (nSPS) is 12.9. The predicted molar refractivity (Wildman–Crippen MR) is 88.8 cm³/mol. The van der Waals surface area contributed by atoms with Gasteiger partial charge in [-0.2, -0.15) is 0 Å². The molecule has 0 unspecified atom stereocenters. The molecule has 0 heterocycles. The molecule has 19 heavy (non-hydrogen) atoms. The lowest BCUT2D eigenvalue weighted by Crippen LogP contribution is -2.55. The fraction of sp³-hybridized carbons (Fsp3) is 1.00. The summed E-state index contributed by atoms with van der Waals surface area (Å²) in [6, 6.07) is 0.413. The van der Waals surface area contributed by atoms with Crippen molar-refractivity contribution in [2.75, 3.05) is 42.4 Å². The van der Waals surface area contributed by atoms with Crippen LogP contribution in [0, 0.1) is 0 Å². The molecule has 0 atom stereocenters. The van der Waals surface area contributed by atoms with Crippen molar-refractivity contribution in [2.24, 2.45) is 0 Å². The third kappa shape index (κ3) is 8.90. The number of hydrogen-bond donors (Lipinski definition) is 1. The van der Waals surface area contributed by atoms with Gasteiger partial charge in [0.05, 0.1) is 0 Å². The number of nitrogens with one attached hydrogen (secondary N) is 1. The summed E-state index contributed by atoms with van der Waals surface area (Å²) >= 11 is 0. The van der Waals surface area contributed by atoms with E-state index in [0.717, 1.165) is 0 Å². The molecule has 0 bridgehead atoms. The molecule has 0 aromatic heterocycles. The summed E-state index contributed by atoms with van der Waals surface area (Å²) in [5.74, 6) is 0. The molecule has 0 saturated heterocycles. The average Bonchev–Trinajstić information content (AvgIpc) is 2.28. The van der Waals surface area contributed by atoms with Crippen LogP contribution in [0.3, 0.4) is 0 Å². The van der Waals surface area contributed by atoms with Gasteiger partial charge in [0.25, 0.3) is 0 Å². The van der Waals surface area contributed by atoms with E-state index in [4.69, 9.17) is 8.85 Å². The van der Waals surface area contributed by atoms with Crippen LogP contribution in [0.1, 0.15) is 13.8 Å². The van der Waals surface area contributed by atoms with Gasteiger partial charge in [0.2, 0.25) is 0 Å². The number of rotatable bonds is 6. The van der Waals surface area contributed by atoms with Crippen LogP contribution in [0.25, 0.3) is 0 Å². The lowest BCUT2D eigenvalue weighted by atomic mass is 10.4. The van der Waals surface area contributed by atoms with Gasteiger partial charge in [-0.05, 0) is 53.9 Å². The van der Waals surface area contributed by atoms with Crippen LogP contribution in [0.5, 0.6) is 0 Å². The molecule has 0 aliphatic rings. The Morgan fingerprint density at radius 1 is 0.842 bits per heavy atom. The van der Waals surface area contributed by atoms with Crippen LogP contribution in [0.15, 0.2) is 0 Å². The highest BCUT2D eigenvalue weighted by Crippen LogP contribution is 2.06. The topological polar surface area (TPSA) is 37.0 Å². The summed E-state index contributed by atoms with van der Waals surface area (Å²) in [5.41, 5.74) is 0. The predicted octanol–water partition coefficient (Wildman–Crippen LogP) is 1.66. The van der Waals surface area contributed by atoms with Crippen molar-refractivity contribution < 1.29 is 8.85 Å². The third-order valence-electron chi connectivity index (χ3n) is 3.52. The summed E-state index contributed by atoms with van der Waals surface area (Å²) in [4.78, 5) is 3.25. The molecular weight excluding hydrogens is 274 g/mol. The molecule has 0 saturated carbocycles. The lowest BCUT2D eigenvalue weighted by Gasteiger charge is -2.35. The maximum atomic E-state index is 5.20. The minimum absolute atomic E-state index is 0.413. The van der Waals surface area contributed by atoms with Crippen LogP contribution in [-0.4, -0.2) is 74.7 Å². The fourth-order valence-corrected chi connectivity index (χ4v) is 3.38. The van der Waals surface area contributed by atoms with E-state index in [-0.39, 0.29) is 0 Å². The Balaban J connectivity index is 0. The molecular formula is C12H35N3O2Si2. The Labute approximate surface area is 122 Å². The number of nitrogens with zero attached hydrogens (tertiary/aromatic N) is 2. The summed E-state index contributed by atoms with van der Waals surface area (Å²) < 4.78 is 15.1. The second-order valence-electron chi connectivity index (χ2n) is 5.94. The smallest absolute Gasteiger partial charge is 0.386 e. The molecule has 0 radical (unpaired) electrons. The van der Waals surface area contributed by atoms with Crippen molar-refractivity contribution in [3.8, 4) is 0 Å². The largest absolute Gasteiger partial charge is 0.421 e. The molecule has 0 aromatic carbocycles. The molecule has 118 valence electrons.